The summed E-state index contributed by atoms with van der Waals surface area (Å²) < 4.78 is 0. The Morgan fingerprint density at radius 1 is 0.935 bits per heavy atom. The molecule has 2 aliphatic heterocycles. The molecule has 1 aliphatic carbocycles. The second kappa shape index (κ2) is 9.70. The van der Waals surface area contributed by atoms with Gasteiger partial charge in [-0.25, -0.2) is 0 Å². The van der Waals surface area contributed by atoms with Gasteiger partial charge in [0.25, 0.3) is 11.8 Å². The summed E-state index contributed by atoms with van der Waals surface area (Å²) in [6, 6.07) is 4.88. The van der Waals surface area contributed by atoms with Crippen molar-refractivity contribution in [2.45, 2.75) is 70.0 Å². The number of amides is 4. The van der Waals surface area contributed by atoms with E-state index in [1.54, 1.807) is 12.1 Å². The topological polar surface area (TPSA) is 108 Å². The Morgan fingerprint density at radius 2 is 1.71 bits per heavy atom. The van der Waals surface area contributed by atoms with Crippen LogP contribution in [0.15, 0.2) is 18.2 Å². The van der Waals surface area contributed by atoms with Crippen LogP contribution in [0, 0.1) is 0 Å². The molecule has 0 aromatic heterocycles. The Balaban J connectivity index is 1.36. The molecule has 0 radical (unpaired) electrons. The van der Waals surface area contributed by atoms with E-state index in [1.807, 2.05) is 6.07 Å². The van der Waals surface area contributed by atoms with Crippen LogP contribution in [0.4, 0.5) is 0 Å². The Labute approximate surface area is 182 Å². The molecule has 8 heteroatoms. The fourth-order valence-electron chi connectivity index (χ4n) is 4.80. The number of nitrogens with zero attached hydrogens (tertiary/aromatic N) is 1. The van der Waals surface area contributed by atoms with Gasteiger partial charge < -0.3 is 10.6 Å². The summed E-state index contributed by atoms with van der Waals surface area (Å²) in [7, 11) is 0. The SMILES string of the molecule is O=C1CCC(N2C(=O)c3cccc(CNCCNC4CCCCCC4)c3C2=O)C(=O)N1. The van der Waals surface area contributed by atoms with E-state index in [2.05, 4.69) is 16.0 Å². The number of carbonyl (C=O) groups excluding carboxylic acids is 4. The lowest BCUT2D eigenvalue weighted by atomic mass is 10.0. The number of nitrogens with one attached hydrogen (secondary N) is 3. The molecule has 8 nitrogen and oxygen atoms in total. The van der Waals surface area contributed by atoms with Gasteiger partial charge in [0.05, 0.1) is 11.1 Å². The zero-order chi connectivity index (χ0) is 21.8. The number of piperidine rings is 1. The van der Waals surface area contributed by atoms with Crippen LogP contribution in [0.3, 0.4) is 0 Å². The molecule has 4 amide bonds. The van der Waals surface area contributed by atoms with Gasteiger partial charge in [-0.1, -0.05) is 37.8 Å². The van der Waals surface area contributed by atoms with Crippen molar-refractivity contribution in [1.29, 1.82) is 0 Å². The van der Waals surface area contributed by atoms with Gasteiger partial charge in [0.1, 0.15) is 6.04 Å². The Kier molecular flexibility index (Phi) is 6.77. The molecular weight excluding hydrogens is 396 g/mol. The first-order valence-electron chi connectivity index (χ1n) is 11.3. The van der Waals surface area contributed by atoms with Gasteiger partial charge in [0.2, 0.25) is 11.8 Å². The zero-order valence-corrected chi connectivity index (χ0v) is 17.7. The van der Waals surface area contributed by atoms with Crippen molar-refractivity contribution in [3.05, 3.63) is 34.9 Å². The van der Waals surface area contributed by atoms with Crippen molar-refractivity contribution < 1.29 is 19.2 Å². The number of hydrogen-bond donors (Lipinski definition) is 3. The van der Waals surface area contributed by atoms with Crippen molar-refractivity contribution in [3.8, 4) is 0 Å². The van der Waals surface area contributed by atoms with Crippen LogP contribution in [0.2, 0.25) is 0 Å². The number of hydrogen-bond acceptors (Lipinski definition) is 6. The van der Waals surface area contributed by atoms with Crippen LogP contribution in [-0.2, 0) is 16.1 Å². The molecule has 3 N–H and O–H groups in total. The van der Waals surface area contributed by atoms with Crippen LogP contribution >= 0.6 is 0 Å². The summed E-state index contributed by atoms with van der Waals surface area (Å²) in [5.41, 5.74) is 1.44. The second-order valence-electron chi connectivity index (χ2n) is 8.61. The second-order valence-corrected chi connectivity index (χ2v) is 8.61. The molecule has 1 unspecified atom stereocenters. The van der Waals surface area contributed by atoms with Gasteiger partial charge in [-0.05, 0) is 30.9 Å². The first-order chi connectivity index (χ1) is 15.1. The molecule has 1 atom stereocenters. The first-order valence-corrected chi connectivity index (χ1v) is 11.3. The fraction of sp³-hybridized carbons (Fsp3) is 0.565. The third-order valence-electron chi connectivity index (χ3n) is 6.46. The maximum absolute atomic E-state index is 13.1. The summed E-state index contributed by atoms with van der Waals surface area (Å²) in [4.78, 5) is 50.6. The van der Waals surface area contributed by atoms with Gasteiger partial charge in [0, 0.05) is 32.1 Å². The highest BCUT2D eigenvalue weighted by Crippen LogP contribution is 2.29. The quantitative estimate of drug-likeness (QED) is 0.346. The molecule has 1 saturated heterocycles. The minimum atomic E-state index is -0.935. The Morgan fingerprint density at radius 3 is 2.45 bits per heavy atom. The molecule has 31 heavy (non-hydrogen) atoms. The van der Waals surface area contributed by atoms with E-state index in [0.717, 1.165) is 23.6 Å². The minimum absolute atomic E-state index is 0.117. The largest absolute Gasteiger partial charge is 0.313 e. The lowest BCUT2D eigenvalue weighted by Gasteiger charge is -2.27. The number of fused-ring (bicyclic) bond motifs is 1. The summed E-state index contributed by atoms with van der Waals surface area (Å²) in [5.74, 6) is -1.88. The summed E-state index contributed by atoms with van der Waals surface area (Å²) >= 11 is 0. The van der Waals surface area contributed by atoms with E-state index in [4.69, 9.17) is 0 Å². The van der Waals surface area contributed by atoms with E-state index in [1.165, 1.54) is 38.5 Å². The molecule has 2 fully saturated rings. The summed E-state index contributed by atoms with van der Waals surface area (Å²) in [6.45, 7) is 2.09. The number of rotatable bonds is 7. The smallest absolute Gasteiger partial charge is 0.262 e. The van der Waals surface area contributed by atoms with Crippen LogP contribution < -0.4 is 16.0 Å². The molecular formula is C23H30N4O4. The average Bonchev–Trinajstić information content (AvgIpc) is 2.92. The van der Waals surface area contributed by atoms with E-state index in [9.17, 15) is 19.2 Å². The monoisotopic (exact) mass is 426 g/mol. The fourth-order valence-corrected chi connectivity index (χ4v) is 4.80. The lowest BCUT2D eigenvalue weighted by molar-refractivity contribution is -0.136. The predicted molar refractivity (Wildman–Crippen MR) is 114 cm³/mol. The minimum Gasteiger partial charge on any atom is -0.313 e. The maximum atomic E-state index is 13.1. The van der Waals surface area contributed by atoms with Crippen molar-refractivity contribution in [1.82, 2.24) is 20.9 Å². The predicted octanol–water partition coefficient (Wildman–Crippen LogP) is 1.49. The van der Waals surface area contributed by atoms with Crippen LogP contribution in [0.25, 0.3) is 0 Å². The molecule has 0 spiro atoms. The van der Waals surface area contributed by atoms with E-state index in [0.29, 0.717) is 23.7 Å². The van der Waals surface area contributed by atoms with Gasteiger partial charge in [-0.3, -0.25) is 29.4 Å². The van der Waals surface area contributed by atoms with E-state index >= 15 is 0 Å². The first kappa shape index (κ1) is 21.6. The maximum Gasteiger partial charge on any atom is 0.262 e. The van der Waals surface area contributed by atoms with Gasteiger partial charge in [-0.15, -0.1) is 0 Å². The zero-order valence-electron chi connectivity index (χ0n) is 17.7. The summed E-state index contributed by atoms with van der Waals surface area (Å²) in [6.07, 6.45) is 8.00. The van der Waals surface area contributed by atoms with Gasteiger partial charge in [0.15, 0.2) is 0 Å². The molecule has 4 rings (SSSR count). The normalized spacial score (nSPS) is 22.5. The number of imide groups is 2. The third kappa shape index (κ3) is 4.70. The Hall–Kier alpha value is -2.58. The third-order valence-corrected chi connectivity index (χ3v) is 6.46. The van der Waals surface area contributed by atoms with Gasteiger partial charge >= 0.3 is 0 Å². The molecule has 1 saturated carbocycles. The van der Waals surface area contributed by atoms with Gasteiger partial charge in [-0.2, -0.15) is 0 Å². The molecule has 3 aliphatic rings. The average molecular weight is 427 g/mol. The molecule has 1 aromatic carbocycles. The highest BCUT2D eigenvalue weighted by Gasteiger charge is 2.45. The molecule has 2 heterocycles. The highest BCUT2D eigenvalue weighted by atomic mass is 16.2. The summed E-state index contributed by atoms with van der Waals surface area (Å²) in [5, 5.41) is 9.20. The number of carbonyl (C=O) groups is 4. The van der Waals surface area contributed by atoms with Crippen molar-refractivity contribution in [3.63, 3.8) is 0 Å². The Bertz CT molecular complexity index is 876. The molecule has 166 valence electrons. The standard InChI is InChI=1S/C23H30N4O4/c28-19-11-10-18(21(29)26-19)27-22(30)17-9-5-6-15(20(17)23(27)31)14-24-12-13-25-16-7-3-1-2-4-8-16/h5-6,9,16,18,24-25H,1-4,7-8,10-14H2,(H,26,28,29). The van der Waals surface area contributed by atoms with Crippen LogP contribution in [0.5, 0.6) is 0 Å². The highest BCUT2D eigenvalue weighted by molar-refractivity contribution is 6.24. The molecule has 0 bridgehead atoms. The van der Waals surface area contributed by atoms with Crippen molar-refractivity contribution in [2.24, 2.45) is 0 Å². The molecule has 1 aromatic rings. The van der Waals surface area contributed by atoms with E-state index < -0.39 is 23.8 Å². The number of benzene rings is 1. The van der Waals surface area contributed by atoms with Crippen LogP contribution in [-0.4, -0.2) is 53.7 Å². The van der Waals surface area contributed by atoms with E-state index in [-0.39, 0.29) is 18.7 Å². The van der Waals surface area contributed by atoms with Crippen LogP contribution in [0.1, 0.15) is 77.6 Å². The van der Waals surface area contributed by atoms with Crippen molar-refractivity contribution in [2.75, 3.05) is 13.1 Å². The van der Waals surface area contributed by atoms with Crippen molar-refractivity contribution >= 4 is 23.6 Å². The lowest BCUT2D eigenvalue weighted by Crippen LogP contribution is -2.54.